The first-order chi connectivity index (χ1) is 9.65. The average Bonchev–Trinajstić information content (AvgIpc) is 2.90. The molecule has 0 radical (unpaired) electrons. The van der Waals surface area contributed by atoms with Crippen molar-refractivity contribution >= 4 is 11.9 Å². The van der Waals surface area contributed by atoms with Crippen LogP contribution in [0.2, 0.25) is 0 Å². The summed E-state index contributed by atoms with van der Waals surface area (Å²) in [5, 5.41) is 3.24. The number of imidazole rings is 1. The minimum atomic E-state index is 0.0668. The molecule has 110 valence electrons. The minimum absolute atomic E-state index is 0.0668. The van der Waals surface area contributed by atoms with Crippen molar-refractivity contribution in [3.63, 3.8) is 0 Å². The lowest BCUT2D eigenvalue weighted by Crippen LogP contribution is -2.50. The lowest BCUT2D eigenvalue weighted by molar-refractivity contribution is 0.0590. The van der Waals surface area contributed by atoms with Gasteiger partial charge < -0.3 is 14.8 Å². The molecule has 1 aromatic heterocycles. The van der Waals surface area contributed by atoms with E-state index in [1.54, 1.807) is 0 Å². The van der Waals surface area contributed by atoms with E-state index in [9.17, 15) is 4.79 Å². The second-order valence-corrected chi connectivity index (χ2v) is 5.85. The van der Waals surface area contributed by atoms with Crippen LogP contribution in [0, 0.1) is 0 Å². The maximum atomic E-state index is 12.5. The van der Waals surface area contributed by atoms with Crippen molar-refractivity contribution in [3.05, 3.63) is 11.9 Å². The smallest absolute Gasteiger partial charge is 0.274 e. The summed E-state index contributed by atoms with van der Waals surface area (Å²) >= 11 is 0. The van der Waals surface area contributed by atoms with E-state index in [1.807, 2.05) is 15.7 Å². The molecule has 3 rings (SSSR count). The van der Waals surface area contributed by atoms with Gasteiger partial charge in [-0.3, -0.25) is 9.69 Å². The third kappa shape index (κ3) is 2.52. The molecule has 2 aliphatic heterocycles. The Morgan fingerprint density at radius 3 is 2.65 bits per heavy atom. The van der Waals surface area contributed by atoms with Crippen LogP contribution in [0.15, 0.2) is 6.20 Å². The number of hydrogen-bond acceptors (Lipinski definition) is 4. The van der Waals surface area contributed by atoms with E-state index >= 15 is 0 Å². The Bertz CT molecular complexity index is 464. The molecule has 1 fully saturated rings. The summed E-state index contributed by atoms with van der Waals surface area (Å²) in [6.45, 7) is 9.80. The molecule has 20 heavy (non-hydrogen) atoms. The number of rotatable bonds is 2. The number of carbonyl (C=O) groups excluding carboxylic acids is 1. The highest BCUT2D eigenvalue weighted by Gasteiger charge is 2.25. The molecule has 0 spiro atoms. The van der Waals surface area contributed by atoms with Gasteiger partial charge in [-0.05, 0) is 20.3 Å². The standard InChI is InChI=1S/C14H23N5O/c1-11(2)17-6-8-18(9-7-17)13(20)12-10-19-5-3-4-15-14(19)16-12/h10-11H,3-9H2,1-2H3,(H,15,16). The van der Waals surface area contributed by atoms with Crippen LogP contribution in [-0.2, 0) is 6.54 Å². The first-order valence-electron chi connectivity index (χ1n) is 7.49. The maximum Gasteiger partial charge on any atom is 0.274 e. The molecule has 1 saturated heterocycles. The molecule has 3 heterocycles. The first-order valence-corrected chi connectivity index (χ1v) is 7.49. The molecule has 1 amide bonds. The number of nitrogens with one attached hydrogen (secondary N) is 1. The summed E-state index contributed by atoms with van der Waals surface area (Å²) in [6, 6.07) is 0.552. The normalized spacial score (nSPS) is 19.9. The Morgan fingerprint density at radius 1 is 1.25 bits per heavy atom. The second kappa shape index (κ2) is 5.44. The fraction of sp³-hybridized carbons (Fsp3) is 0.714. The van der Waals surface area contributed by atoms with Gasteiger partial charge in [0.25, 0.3) is 5.91 Å². The van der Waals surface area contributed by atoms with Crippen molar-refractivity contribution in [1.29, 1.82) is 0 Å². The van der Waals surface area contributed by atoms with Gasteiger partial charge in [0.2, 0.25) is 5.95 Å². The number of nitrogens with zero attached hydrogens (tertiary/aromatic N) is 4. The number of hydrogen-bond donors (Lipinski definition) is 1. The van der Waals surface area contributed by atoms with Gasteiger partial charge in [-0.25, -0.2) is 4.98 Å². The Balaban J connectivity index is 1.66. The van der Waals surface area contributed by atoms with E-state index in [0.29, 0.717) is 11.7 Å². The van der Waals surface area contributed by atoms with Gasteiger partial charge >= 0.3 is 0 Å². The van der Waals surface area contributed by atoms with Crippen molar-refractivity contribution in [2.24, 2.45) is 0 Å². The zero-order valence-corrected chi connectivity index (χ0v) is 12.3. The summed E-state index contributed by atoms with van der Waals surface area (Å²) in [7, 11) is 0. The van der Waals surface area contributed by atoms with Crippen molar-refractivity contribution in [3.8, 4) is 0 Å². The lowest BCUT2D eigenvalue weighted by atomic mass is 10.2. The third-order valence-corrected chi connectivity index (χ3v) is 4.19. The zero-order valence-electron chi connectivity index (χ0n) is 12.3. The molecular weight excluding hydrogens is 254 g/mol. The quantitative estimate of drug-likeness (QED) is 0.871. The molecule has 0 saturated carbocycles. The summed E-state index contributed by atoms with van der Waals surface area (Å²) in [4.78, 5) is 21.3. The molecule has 1 aromatic rings. The maximum absolute atomic E-state index is 12.5. The summed E-state index contributed by atoms with van der Waals surface area (Å²) < 4.78 is 2.04. The van der Waals surface area contributed by atoms with Gasteiger partial charge in [-0.1, -0.05) is 0 Å². The predicted molar refractivity (Wildman–Crippen MR) is 77.9 cm³/mol. The number of piperazine rings is 1. The van der Waals surface area contributed by atoms with Gasteiger partial charge in [0.15, 0.2) is 0 Å². The van der Waals surface area contributed by atoms with Gasteiger partial charge in [0, 0.05) is 51.5 Å². The van der Waals surface area contributed by atoms with E-state index in [2.05, 4.69) is 29.0 Å². The SMILES string of the molecule is CC(C)N1CCN(C(=O)c2cn3c(n2)NCCC3)CC1. The van der Waals surface area contributed by atoms with Gasteiger partial charge in [0.05, 0.1) is 0 Å². The molecule has 0 aromatic carbocycles. The fourth-order valence-corrected chi connectivity index (χ4v) is 2.88. The number of anilines is 1. The van der Waals surface area contributed by atoms with Gasteiger partial charge in [0.1, 0.15) is 5.69 Å². The molecule has 0 unspecified atom stereocenters. The van der Waals surface area contributed by atoms with Crippen molar-refractivity contribution in [2.45, 2.75) is 32.9 Å². The van der Waals surface area contributed by atoms with E-state index in [4.69, 9.17) is 0 Å². The molecule has 0 aliphatic carbocycles. The molecule has 6 nitrogen and oxygen atoms in total. The van der Waals surface area contributed by atoms with Crippen LogP contribution in [0.5, 0.6) is 0 Å². The highest BCUT2D eigenvalue weighted by atomic mass is 16.2. The van der Waals surface area contributed by atoms with Crippen molar-refractivity contribution in [2.75, 3.05) is 38.0 Å². The van der Waals surface area contributed by atoms with Crippen molar-refractivity contribution in [1.82, 2.24) is 19.4 Å². The highest BCUT2D eigenvalue weighted by Crippen LogP contribution is 2.16. The zero-order chi connectivity index (χ0) is 14.1. The molecule has 1 N–H and O–H groups in total. The first kappa shape index (κ1) is 13.4. The number of aromatic nitrogens is 2. The lowest BCUT2D eigenvalue weighted by Gasteiger charge is -2.36. The van der Waals surface area contributed by atoms with Crippen LogP contribution >= 0.6 is 0 Å². The van der Waals surface area contributed by atoms with E-state index in [1.165, 1.54) is 0 Å². The Kier molecular flexibility index (Phi) is 3.65. The molecule has 2 aliphatic rings. The highest BCUT2D eigenvalue weighted by molar-refractivity contribution is 5.92. The second-order valence-electron chi connectivity index (χ2n) is 5.85. The average molecular weight is 277 g/mol. The van der Waals surface area contributed by atoms with Crippen LogP contribution < -0.4 is 5.32 Å². The molecular formula is C14H23N5O. The number of amides is 1. The largest absolute Gasteiger partial charge is 0.356 e. The third-order valence-electron chi connectivity index (χ3n) is 4.19. The van der Waals surface area contributed by atoms with Crippen LogP contribution in [0.4, 0.5) is 5.95 Å². The van der Waals surface area contributed by atoms with Gasteiger partial charge in [-0.2, -0.15) is 0 Å². The van der Waals surface area contributed by atoms with Gasteiger partial charge in [-0.15, -0.1) is 0 Å². The minimum Gasteiger partial charge on any atom is -0.356 e. The Morgan fingerprint density at radius 2 is 2.00 bits per heavy atom. The molecule has 0 bridgehead atoms. The summed E-state index contributed by atoms with van der Waals surface area (Å²) in [6.07, 6.45) is 2.97. The topological polar surface area (TPSA) is 53.4 Å². The van der Waals surface area contributed by atoms with Crippen LogP contribution in [0.25, 0.3) is 0 Å². The van der Waals surface area contributed by atoms with Crippen LogP contribution in [-0.4, -0.2) is 64.0 Å². The monoisotopic (exact) mass is 277 g/mol. The van der Waals surface area contributed by atoms with Crippen LogP contribution in [0.3, 0.4) is 0 Å². The Labute approximate surface area is 119 Å². The van der Waals surface area contributed by atoms with E-state index < -0.39 is 0 Å². The fourth-order valence-electron chi connectivity index (χ4n) is 2.88. The summed E-state index contributed by atoms with van der Waals surface area (Å²) in [5.74, 6) is 0.900. The van der Waals surface area contributed by atoms with E-state index in [0.717, 1.165) is 51.6 Å². The number of fused-ring (bicyclic) bond motifs is 1. The van der Waals surface area contributed by atoms with Crippen LogP contribution in [0.1, 0.15) is 30.8 Å². The number of aryl methyl sites for hydroxylation is 1. The van der Waals surface area contributed by atoms with Crippen molar-refractivity contribution < 1.29 is 4.79 Å². The van der Waals surface area contributed by atoms with E-state index in [-0.39, 0.29) is 5.91 Å². The number of carbonyl (C=O) groups is 1. The Hall–Kier alpha value is -1.56. The molecule has 0 atom stereocenters. The molecule has 6 heteroatoms. The summed E-state index contributed by atoms with van der Waals surface area (Å²) in [5.41, 5.74) is 0.576. The predicted octanol–water partition coefficient (Wildman–Crippen LogP) is 0.865.